The summed E-state index contributed by atoms with van der Waals surface area (Å²) < 4.78 is 43.9. The zero-order chi connectivity index (χ0) is 16.3. The number of alkyl halides is 4. The molecule has 0 spiro atoms. The summed E-state index contributed by atoms with van der Waals surface area (Å²) in [7, 11) is 0. The minimum Gasteiger partial charge on any atom is -0.478 e. The molecule has 1 N–H and O–H groups in total. The van der Waals surface area contributed by atoms with Crippen molar-refractivity contribution in [2.45, 2.75) is 10.6 Å². The molecule has 0 bridgehead atoms. The molecule has 0 saturated carbocycles. The van der Waals surface area contributed by atoms with Crippen LogP contribution in [0, 0.1) is 0 Å². The second kappa shape index (κ2) is 6.55. The number of carboxylic acids is 1. The highest BCUT2D eigenvalue weighted by molar-refractivity contribution is 14.1. The van der Waals surface area contributed by atoms with Crippen LogP contribution in [0.5, 0.6) is 11.5 Å². The molecule has 0 saturated heterocycles. The van der Waals surface area contributed by atoms with Crippen molar-refractivity contribution < 1.29 is 27.8 Å². The monoisotopic (exact) mass is 422 g/mol. The molecule has 0 fully saturated rings. The molecule has 0 unspecified atom stereocenters. The Bertz CT molecular complexity index is 699. The molecule has 2 aromatic rings. The Morgan fingerprint density at radius 1 is 1.18 bits per heavy atom. The zero-order valence-electron chi connectivity index (χ0n) is 11.0. The van der Waals surface area contributed by atoms with E-state index in [1.54, 1.807) is 6.07 Å². The minimum absolute atomic E-state index is 0.0421. The van der Waals surface area contributed by atoms with E-state index in [2.05, 4.69) is 0 Å². The zero-order valence-corrected chi connectivity index (χ0v) is 13.2. The number of carboxylic acid groups (broad SMARTS) is 1. The van der Waals surface area contributed by atoms with Gasteiger partial charge in [0.2, 0.25) is 0 Å². The van der Waals surface area contributed by atoms with E-state index in [0.717, 1.165) is 12.1 Å². The second-order valence-electron chi connectivity index (χ2n) is 4.39. The lowest BCUT2D eigenvalue weighted by atomic mass is 10.1. The van der Waals surface area contributed by atoms with Crippen molar-refractivity contribution in [3.05, 3.63) is 59.2 Å². The van der Waals surface area contributed by atoms with E-state index in [1.165, 1.54) is 24.3 Å². The van der Waals surface area contributed by atoms with Gasteiger partial charge in [-0.3, -0.25) is 0 Å². The smallest absolute Gasteiger partial charge is 0.416 e. The minimum atomic E-state index is -4.41. The van der Waals surface area contributed by atoms with Gasteiger partial charge in [0.25, 0.3) is 0 Å². The largest absolute Gasteiger partial charge is 0.478 e. The summed E-state index contributed by atoms with van der Waals surface area (Å²) in [6, 6.07) is 8.98. The van der Waals surface area contributed by atoms with E-state index in [9.17, 15) is 18.0 Å². The molecule has 7 heteroatoms. The maximum atomic E-state index is 12.7. The molecule has 22 heavy (non-hydrogen) atoms. The average Bonchev–Trinajstić information content (AvgIpc) is 2.46. The van der Waals surface area contributed by atoms with Gasteiger partial charge in [-0.15, -0.1) is 0 Å². The van der Waals surface area contributed by atoms with Crippen LogP contribution in [0.2, 0.25) is 0 Å². The van der Waals surface area contributed by atoms with Crippen LogP contribution >= 0.6 is 22.6 Å². The van der Waals surface area contributed by atoms with Crippen LogP contribution in [0.15, 0.2) is 42.5 Å². The Kier molecular flexibility index (Phi) is 4.94. The van der Waals surface area contributed by atoms with Crippen LogP contribution in [0.25, 0.3) is 0 Å². The van der Waals surface area contributed by atoms with Gasteiger partial charge in [0.1, 0.15) is 11.5 Å². The van der Waals surface area contributed by atoms with Crippen LogP contribution in [0.1, 0.15) is 21.5 Å². The van der Waals surface area contributed by atoms with Gasteiger partial charge in [-0.25, -0.2) is 4.79 Å². The molecule has 0 aliphatic carbocycles. The first-order valence-corrected chi connectivity index (χ1v) is 7.61. The Morgan fingerprint density at radius 2 is 1.91 bits per heavy atom. The highest BCUT2D eigenvalue weighted by Crippen LogP contribution is 2.35. The first-order valence-electron chi connectivity index (χ1n) is 6.08. The number of rotatable bonds is 4. The van der Waals surface area contributed by atoms with E-state index >= 15 is 0 Å². The van der Waals surface area contributed by atoms with E-state index in [1.807, 2.05) is 22.6 Å². The summed E-state index contributed by atoms with van der Waals surface area (Å²) in [5, 5.41) is 8.92. The fourth-order valence-corrected chi connectivity index (χ4v) is 2.38. The lowest BCUT2D eigenvalue weighted by molar-refractivity contribution is -0.137. The maximum absolute atomic E-state index is 12.7. The van der Waals surface area contributed by atoms with Gasteiger partial charge in [0.15, 0.2) is 0 Å². The topological polar surface area (TPSA) is 46.5 Å². The van der Waals surface area contributed by atoms with E-state index in [4.69, 9.17) is 9.84 Å². The molecule has 0 atom stereocenters. The van der Waals surface area contributed by atoms with Gasteiger partial charge in [0.05, 0.1) is 11.1 Å². The molecule has 116 valence electrons. The molecule has 0 amide bonds. The Morgan fingerprint density at radius 3 is 2.50 bits per heavy atom. The number of halogens is 4. The van der Waals surface area contributed by atoms with Gasteiger partial charge in [-0.05, 0) is 36.4 Å². The summed E-state index contributed by atoms with van der Waals surface area (Å²) in [6.45, 7) is 0. The molecular formula is C15H10F3IO3. The average molecular weight is 422 g/mol. The van der Waals surface area contributed by atoms with Gasteiger partial charge >= 0.3 is 12.1 Å². The number of benzene rings is 2. The third kappa shape index (κ3) is 3.90. The molecule has 0 aliphatic rings. The second-order valence-corrected chi connectivity index (χ2v) is 5.15. The summed E-state index contributed by atoms with van der Waals surface area (Å²) in [6.07, 6.45) is -4.41. The maximum Gasteiger partial charge on any atom is 0.416 e. The predicted octanol–water partition coefficient (Wildman–Crippen LogP) is 5.13. The molecule has 0 aromatic heterocycles. The van der Waals surface area contributed by atoms with Crippen molar-refractivity contribution in [3.63, 3.8) is 0 Å². The van der Waals surface area contributed by atoms with Gasteiger partial charge < -0.3 is 9.84 Å². The third-order valence-electron chi connectivity index (χ3n) is 2.84. The van der Waals surface area contributed by atoms with Crippen molar-refractivity contribution in [1.29, 1.82) is 0 Å². The van der Waals surface area contributed by atoms with Crippen LogP contribution in [0.4, 0.5) is 13.2 Å². The quantitative estimate of drug-likeness (QED) is 0.549. The Labute approximate surface area is 137 Å². The fourth-order valence-electron chi connectivity index (χ4n) is 1.78. The van der Waals surface area contributed by atoms with Gasteiger partial charge in [-0.2, -0.15) is 13.2 Å². The van der Waals surface area contributed by atoms with Crippen molar-refractivity contribution in [2.24, 2.45) is 0 Å². The van der Waals surface area contributed by atoms with Crippen molar-refractivity contribution in [1.82, 2.24) is 0 Å². The lowest BCUT2D eigenvalue weighted by Gasteiger charge is -2.13. The number of ether oxygens (including phenoxy) is 1. The Hall–Kier alpha value is -1.77. The first-order chi connectivity index (χ1) is 10.3. The number of carbonyl (C=O) groups is 1. The van der Waals surface area contributed by atoms with Crippen LogP contribution in [0.3, 0.4) is 0 Å². The predicted molar refractivity (Wildman–Crippen MR) is 82.6 cm³/mol. The summed E-state index contributed by atoms with van der Waals surface area (Å²) in [4.78, 5) is 10.9. The molecule has 0 aliphatic heterocycles. The number of hydrogen-bond donors (Lipinski definition) is 1. The third-order valence-corrected chi connectivity index (χ3v) is 3.66. The fraction of sp³-hybridized carbons (Fsp3) is 0.133. The summed E-state index contributed by atoms with van der Waals surface area (Å²) >= 11 is 1.94. The normalized spacial score (nSPS) is 11.3. The number of aromatic carboxylic acids is 1. The molecule has 2 rings (SSSR count). The van der Waals surface area contributed by atoms with Crippen LogP contribution < -0.4 is 4.74 Å². The van der Waals surface area contributed by atoms with Gasteiger partial charge in [-0.1, -0.05) is 28.7 Å². The summed E-state index contributed by atoms with van der Waals surface area (Å²) in [5.41, 5.74) is -0.317. The highest BCUT2D eigenvalue weighted by atomic mass is 127. The molecule has 0 radical (unpaired) electrons. The van der Waals surface area contributed by atoms with E-state index < -0.39 is 17.7 Å². The standard InChI is InChI=1S/C15H10F3IO3/c16-15(17,18)11-4-5-13(10(6-11)8-19)22-12-3-1-2-9(7-12)14(20)21/h1-7H,8H2,(H,20,21). The first kappa shape index (κ1) is 16.6. The highest BCUT2D eigenvalue weighted by Gasteiger charge is 2.31. The molecule has 3 nitrogen and oxygen atoms in total. The Balaban J connectivity index is 2.33. The van der Waals surface area contributed by atoms with Crippen molar-refractivity contribution in [2.75, 3.05) is 0 Å². The molecule has 0 heterocycles. The van der Waals surface area contributed by atoms with Crippen LogP contribution in [-0.4, -0.2) is 11.1 Å². The number of hydrogen-bond acceptors (Lipinski definition) is 2. The van der Waals surface area contributed by atoms with Gasteiger partial charge in [0, 0.05) is 9.99 Å². The van der Waals surface area contributed by atoms with Crippen molar-refractivity contribution in [3.8, 4) is 11.5 Å². The lowest BCUT2D eigenvalue weighted by Crippen LogP contribution is -2.05. The van der Waals surface area contributed by atoms with E-state index in [-0.39, 0.29) is 17.1 Å². The van der Waals surface area contributed by atoms with Crippen molar-refractivity contribution >= 4 is 28.6 Å². The summed E-state index contributed by atoms with van der Waals surface area (Å²) in [5.74, 6) is -0.581. The SMILES string of the molecule is O=C(O)c1cccc(Oc2ccc(C(F)(F)F)cc2CI)c1. The molecular weight excluding hydrogens is 412 g/mol. The van der Waals surface area contributed by atoms with Crippen LogP contribution in [-0.2, 0) is 10.6 Å². The molecule has 2 aromatic carbocycles. The van der Waals surface area contributed by atoms with E-state index in [0.29, 0.717) is 9.99 Å².